The van der Waals surface area contributed by atoms with Crippen LogP contribution in [0.2, 0.25) is 0 Å². The zero-order chi connectivity index (χ0) is 12.5. The summed E-state index contributed by atoms with van der Waals surface area (Å²) < 4.78 is 0. The minimum Gasteiger partial charge on any atom is -0.399 e. The van der Waals surface area contributed by atoms with Gasteiger partial charge >= 0.3 is 0 Å². The van der Waals surface area contributed by atoms with Crippen LogP contribution in [0.15, 0.2) is 36.4 Å². The van der Waals surface area contributed by atoms with Crippen molar-refractivity contribution < 1.29 is 0 Å². The minimum atomic E-state index is 0.829. The van der Waals surface area contributed by atoms with E-state index in [1.54, 1.807) is 0 Å². The number of fused-ring (bicyclic) bond motifs is 1. The van der Waals surface area contributed by atoms with Gasteiger partial charge in [-0.1, -0.05) is 24.3 Å². The summed E-state index contributed by atoms with van der Waals surface area (Å²) in [4.78, 5) is 0. The molecule has 0 spiro atoms. The molecule has 1 aliphatic rings. The number of aryl methyl sites for hydroxylation is 1. The highest BCUT2D eigenvalue weighted by molar-refractivity contribution is 5.71. The number of nitrogens with two attached hydrogens (primary N) is 1. The zero-order valence-corrected chi connectivity index (χ0v) is 10.7. The molecule has 18 heavy (non-hydrogen) atoms. The summed E-state index contributed by atoms with van der Waals surface area (Å²) in [5.41, 5.74) is 13.4. The van der Waals surface area contributed by atoms with Crippen LogP contribution < -0.4 is 11.1 Å². The van der Waals surface area contributed by atoms with Gasteiger partial charge in [-0.2, -0.15) is 0 Å². The lowest BCUT2D eigenvalue weighted by atomic mass is 9.93. The molecule has 1 aliphatic heterocycles. The van der Waals surface area contributed by atoms with Crippen LogP contribution in [-0.2, 0) is 13.0 Å². The Hall–Kier alpha value is -1.80. The molecule has 0 atom stereocenters. The third-order valence-corrected chi connectivity index (χ3v) is 3.67. The van der Waals surface area contributed by atoms with Crippen LogP contribution in [-0.4, -0.2) is 6.54 Å². The number of hydrogen-bond acceptors (Lipinski definition) is 2. The van der Waals surface area contributed by atoms with Crippen LogP contribution in [0.4, 0.5) is 5.69 Å². The predicted molar refractivity (Wildman–Crippen MR) is 76.4 cm³/mol. The number of anilines is 1. The van der Waals surface area contributed by atoms with Crippen LogP contribution in [0.1, 0.15) is 16.7 Å². The minimum absolute atomic E-state index is 0.829. The van der Waals surface area contributed by atoms with Crippen LogP contribution in [0.3, 0.4) is 0 Å². The Labute approximate surface area is 108 Å². The standard InChI is InChI=1S/C16H18N2/c1-11-2-5-15(17)9-16(11)13-3-4-14-10-18-7-6-12(14)8-13/h2-5,8-9,18H,6-7,10,17H2,1H3. The van der Waals surface area contributed by atoms with Gasteiger partial charge in [0, 0.05) is 12.2 Å². The molecular formula is C16H18N2. The van der Waals surface area contributed by atoms with Gasteiger partial charge in [-0.05, 0) is 59.8 Å². The molecule has 0 amide bonds. The maximum Gasteiger partial charge on any atom is 0.0320 e. The van der Waals surface area contributed by atoms with E-state index in [0.717, 1.165) is 25.2 Å². The van der Waals surface area contributed by atoms with Crippen molar-refractivity contribution in [2.45, 2.75) is 19.9 Å². The second-order valence-electron chi connectivity index (χ2n) is 4.98. The Balaban J connectivity index is 2.09. The second-order valence-corrected chi connectivity index (χ2v) is 4.98. The van der Waals surface area contributed by atoms with Crippen molar-refractivity contribution in [1.82, 2.24) is 5.32 Å². The van der Waals surface area contributed by atoms with Gasteiger partial charge in [-0.25, -0.2) is 0 Å². The Morgan fingerprint density at radius 3 is 2.83 bits per heavy atom. The normalized spacial score (nSPS) is 14.3. The summed E-state index contributed by atoms with van der Waals surface area (Å²) >= 11 is 0. The van der Waals surface area contributed by atoms with Gasteiger partial charge in [0.15, 0.2) is 0 Å². The summed E-state index contributed by atoms with van der Waals surface area (Å²) in [6, 6.07) is 12.9. The van der Waals surface area contributed by atoms with Crippen molar-refractivity contribution in [2.24, 2.45) is 0 Å². The zero-order valence-electron chi connectivity index (χ0n) is 10.7. The molecule has 92 valence electrons. The van der Waals surface area contributed by atoms with Gasteiger partial charge in [0.25, 0.3) is 0 Å². The van der Waals surface area contributed by atoms with Crippen molar-refractivity contribution in [3.8, 4) is 11.1 Å². The van der Waals surface area contributed by atoms with E-state index >= 15 is 0 Å². The summed E-state index contributed by atoms with van der Waals surface area (Å²) in [5, 5.41) is 3.40. The summed E-state index contributed by atoms with van der Waals surface area (Å²) in [6.07, 6.45) is 1.12. The van der Waals surface area contributed by atoms with Crippen LogP contribution in [0, 0.1) is 6.92 Å². The smallest absolute Gasteiger partial charge is 0.0320 e. The third kappa shape index (κ3) is 2.00. The predicted octanol–water partition coefficient (Wildman–Crippen LogP) is 2.89. The van der Waals surface area contributed by atoms with Crippen molar-refractivity contribution in [2.75, 3.05) is 12.3 Å². The first kappa shape index (κ1) is 11.3. The lowest BCUT2D eigenvalue weighted by Gasteiger charge is -2.18. The van der Waals surface area contributed by atoms with E-state index in [2.05, 4.69) is 42.6 Å². The molecule has 3 N–H and O–H groups in total. The topological polar surface area (TPSA) is 38.0 Å². The van der Waals surface area contributed by atoms with Gasteiger partial charge in [0.2, 0.25) is 0 Å². The van der Waals surface area contributed by atoms with Crippen molar-refractivity contribution in [1.29, 1.82) is 0 Å². The Morgan fingerprint density at radius 1 is 1.06 bits per heavy atom. The molecule has 2 nitrogen and oxygen atoms in total. The number of benzene rings is 2. The van der Waals surface area contributed by atoms with Gasteiger partial charge < -0.3 is 11.1 Å². The monoisotopic (exact) mass is 238 g/mol. The van der Waals surface area contributed by atoms with Gasteiger partial charge in [-0.3, -0.25) is 0 Å². The SMILES string of the molecule is Cc1ccc(N)cc1-c1ccc2c(c1)CCNC2. The maximum absolute atomic E-state index is 5.89. The highest BCUT2D eigenvalue weighted by Crippen LogP contribution is 2.28. The molecule has 0 radical (unpaired) electrons. The van der Waals surface area contributed by atoms with Crippen molar-refractivity contribution in [3.05, 3.63) is 53.1 Å². The first-order valence-electron chi connectivity index (χ1n) is 6.43. The molecule has 0 saturated carbocycles. The first-order chi connectivity index (χ1) is 8.74. The molecule has 1 heterocycles. The van der Waals surface area contributed by atoms with E-state index in [1.165, 1.54) is 27.8 Å². The Morgan fingerprint density at radius 2 is 1.94 bits per heavy atom. The molecule has 0 saturated heterocycles. The van der Waals surface area contributed by atoms with Gasteiger partial charge in [-0.15, -0.1) is 0 Å². The van der Waals surface area contributed by atoms with Crippen LogP contribution in [0.5, 0.6) is 0 Å². The van der Waals surface area contributed by atoms with E-state index in [-0.39, 0.29) is 0 Å². The maximum atomic E-state index is 5.89. The van der Waals surface area contributed by atoms with E-state index in [0.29, 0.717) is 0 Å². The average Bonchev–Trinajstić information content (AvgIpc) is 2.41. The summed E-state index contributed by atoms with van der Waals surface area (Å²) in [7, 11) is 0. The fraction of sp³-hybridized carbons (Fsp3) is 0.250. The lowest BCUT2D eigenvalue weighted by molar-refractivity contribution is 0.644. The van der Waals surface area contributed by atoms with Gasteiger partial charge in [0.1, 0.15) is 0 Å². The molecule has 0 fully saturated rings. The third-order valence-electron chi connectivity index (χ3n) is 3.67. The average molecular weight is 238 g/mol. The largest absolute Gasteiger partial charge is 0.399 e. The molecule has 0 unspecified atom stereocenters. The highest BCUT2D eigenvalue weighted by atomic mass is 14.9. The van der Waals surface area contributed by atoms with E-state index < -0.39 is 0 Å². The first-order valence-corrected chi connectivity index (χ1v) is 6.43. The quantitative estimate of drug-likeness (QED) is 0.750. The number of rotatable bonds is 1. The lowest BCUT2D eigenvalue weighted by Crippen LogP contribution is -2.23. The molecule has 0 aliphatic carbocycles. The summed E-state index contributed by atoms with van der Waals surface area (Å²) in [6.45, 7) is 4.20. The number of hydrogen-bond donors (Lipinski definition) is 2. The fourth-order valence-corrected chi connectivity index (χ4v) is 2.60. The summed E-state index contributed by atoms with van der Waals surface area (Å²) in [5.74, 6) is 0. The molecule has 2 aromatic rings. The second kappa shape index (κ2) is 4.46. The molecule has 3 rings (SSSR count). The van der Waals surface area contributed by atoms with Crippen LogP contribution >= 0.6 is 0 Å². The molecular weight excluding hydrogens is 220 g/mol. The number of nitrogens with one attached hydrogen (secondary N) is 1. The van der Waals surface area contributed by atoms with E-state index in [4.69, 9.17) is 5.73 Å². The Kier molecular flexibility index (Phi) is 2.80. The number of nitrogen functional groups attached to an aromatic ring is 1. The molecule has 2 heteroatoms. The van der Waals surface area contributed by atoms with Crippen molar-refractivity contribution >= 4 is 5.69 Å². The molecule has 0 aromatic heterocycles. The Bertz CT molecular complexity index is 588. The molecule has 2 aromatic carbocycles. The highest BCUT2D eigenvalue weighted by Gasteiger charge is 2.10. The fourth-order valence-electron chi connectivity index (χ4n) is 2.60. The van der Waals surface area contributed by atoms with E-state index in [1.807, 2.05) is 6.07 Å². The van der Waals surface area contributed by atoms with E-state index in [9.17, 15) is 0 Å². The molecule has 0 bridgehead atoms. The van der Waals surface area contributed by atoms with Crippen molar-refractivity contribution in [3.63, 3.8) is 0 Å². The van der Waals surface area contributed by atoms with Gasteiger partial charge in [0.05, 0.1) is 0 Å². The van der Waals surface area contributed by atoms with Crippen LogP contribution in [0.25, 0.3) is 11.1 Å².